The number of azide groups is 1. The molecule has 0 radical (unpaired) electrons. The second-order valence-corrected chi connectivity index (χ2v) is 4.07. The summed E-state index contributed by atoms with van der Waals surface area (Å²) in [5.41, 5.74) is 11.4. The van der Waals surface area contributed by atoms with Crippen LogP contribution in [0.25, 0.3) is 16.1 Å². The average Bonchev–Trinajstić information content (AvgIpc) is 3.05. The van der Waals surface area contributed by atoms with Crippen LogP contribution in [-0.2, 0) is 6.54 Å². The largest absolute Gasteiger partial charge is 0.304 e. The normalized spacial score (nSPS) is 15.0. The summed E-state index contributed by atoms with van der Waals surface area (Å²) in [6.07, 6.45) is 4.50. The standard InChI is InChI=1S/C11H11N5/c12-15-13-6-9-7-16-10(8-4-5-8)2-1-3-11(16)14-9/h1-3,7-8H,4-6H2. The van der Waals surface area contributed by atoms with Gasteiger partial charge in [0.1, 0.15) is 5.65 Å². The van der Waals surface area contributed by atoms with Crippen LogP contribution in [0, 0.1) is 0 Å². The summed E-state index contributed by atoms with van der Waals surface area (Å²) < 4.78 is 2.11. The van der Waals surface area contributed by atoms with Crippen LogP contribution >= 0.6 is 0 Å². The third-order valence-corrected chi connectivity index (χ3v) is 2.87. The maximum absolute atomic E-state index is 8.28. The lowest BCUT2D eigenvalue weighted by Crippen LogP contribution is -1.92. The molecule has 0 saturated heterocycles. The van der Waals surface area contributed by atoms with Crippen LogP contribution in [0.3, 0.4) is 0 Å². The van der Waals surface area contributed by atoms with E-state index in [0.29, 0.717) is 12.5 Å². The van der Waals surface area contributed by atoms with E-state index in [1.54, 1.807) is 0 Å². The van der Waals surface area contributed by atoms with Crippen molar-refractivity contribution in [2.45, 2.75) is 25.3 Å². The number of nitrogens with zero attached hydrogens (tertiary/aromatic N) is 5. The molecule has 0 bridgehead atoms. The first kappa shape index (κ1) is 9.24. The monoisotopic (exact) mass is 213 g/mol. The molecule has 1 fully saturated rings. The van der Waals surface area contributed by atoms with Crippen molar-refractivity contribution in [3.05, 3.63) is 46.2 Å². The lowest BCUT2D eigenvalue weighted by Gasteiger charge is -2.01. The minimum Gasteiger partial charge on any atom is -0.304 e. The number of rotatable bonds is 3. The number of imidazole rings is 1. The Bertz CT molecular complexity index is 575. The summed E-state index contributed by atoms with van der Waals surface area (Å²) in [6.45, 7) is 0.322. The third-order valence-electron chi connectivity index (χ3n) is 2.87. The van der Waals surface area contributed by atoms with Gasteiger partial charge in [0.15, 0.2) is 0 Å². The second kappa shape index (κ2) is 3.54. The van der Waals surface area contributed by atoms with Gasteiger partial charge in [-0.1, -0.05) is 11.2 Å². The van der Waals surface area contributed by atoms with Gasteiger partial charge in [0.05, 0.1) is 12.2 Å². The first-order valence-corrected chi connectivity index (χ1v) is 5.36. The molecule has 3 rings (SSSR count). The third kappa shape index (κ3) is 1.51. The molecular weight excluding hydrogens is 202 g/mol. The van der Waals surface area contributed by atoms with Crippen molar-refractivity contribution in [2.24, 2.45) is 5.11 Å². The van der Waals surface area contributed by atoms with Crippen molar-refractivity contribution in [1.82, 2.24) is 9.38 Å². The summed E-state index contributed by atoms with van der Waals surface area (Å²) >= 11 is 0. The first-order valence-electron chi connectivity index (χ1n) is 5.36. The van der Waals surface area contributed by atoms with Crippen LogP contribution in [0.2, 0.25) is 0 Å². The van der Waals surface area contributed by atoms with Crippen LogP contribution in [0.4, 0.5) is 0 Å². The molecule has 16 heavy (non-hydrogen) atoms. The van der Waals surface area contributed by atoms with E-state index in [1.807, 2.05) is 18.3 Å². The van der Waals surface area contributed by atoms with E-state index < -0.39 is 0 Å². The molecular formula is C11H11N5. The van der Waals surface area contributed by atoms with Gasteiger partial charge >= 0.3 is 0 Å². The maximum Gasteiger partial charge on any atom is 0.137 e. The highest BCUT2D eigenvalue weighted by Gasteiger charge is 2.25. The number of aromatic nitrogens is 2. The highest BCUT2D eigenvalue weighted by molar-refractivity contribution is 5.43. The molecule has 5 nitrogen and oxygen atoms in total. The summed E-state index contributed by atoms with van der Waals surface area (Å²) in [5.74, 6) is 0.685. The van der Waals surface area contributed by atoms with Gasteiger partial charge in [0.25, 0.3) is 0 Å². The molecule has 0 N–H and O–H groups in total. The molecule has 2 aromatic rings. The molecule has 0 atom stereocenters. The zero-order valence-electron chi connectivity index (χ0n) is 8.74. The quantitative estimate of drug-likeness (QED) is 0.439. The maximum atomic E-state index is 8.28. The van der Waals surface area contributed by atoms with Crippen LogP contribution in [-0.4, -0.2) is 9.38 Å². The van der Waals surface area contributed by atoms with Crippen molar-refractivity contribution in [2.75, 3.05) is 0 Å². The van der Waals surface area contributed by atoms with Crippen LogP contribution < -0.4 is 0 Å². The summed E-state index contributed by atoms with van der Waals surface area (Å²) in [5, 5.41) is 3.53. The van der Waals surface area contributed by atoms with E-state index in [0.717, 1.165) is 11.3 Å². The van der Waals surface area contributed by atoms with Crippen LogP contribution in [0.1, 0.15) is 30.1 Å². The van der Waals surface area contributed by atoms with Crippen molar-refractivity contribution < 1.29 is 0 Å². The Morgan fingerprint density at radius 3 is 3.12 bits per heavy atom. The molecule has 0 unspecified atom stereocenters. The van der Waals surface area contributed by atoms with Gasteiger partial charge in [0.2, 0.25) is 0 Å². The zero-order chi connectivity index (χ0) is 11.0. The van der Waals surface area contributed by atoms with Gasteiger partial charge < -0.3 is 4.40 Å². The SMILES string of the molecule is [N-]=[N+]=NCc1cn2c(C3CC3)cccc2n1. The van der Waals surface area contributed by atoms with Crippen molar-refractivity contribution >= 4 is 5.65 Å². The Morgan fingerprint density at radius 1 is 1.50 bits per heavy atom. The highest BCUT2D eigenvalue weighted by Crippen LogP contribution is 2.40. The van der Waals surface area contributed by atoms with Crippen molar-refractivity contribution in [3.63, 3.8) is 0 Å². The molecule has 0 amide bonds. The van der Waals surface area contributed by atoms with Gasteiger partial charge in [-0.15, -0.1) is 0 Å². The fraction of sp³-hybridized carbons (Fsp3) is 0.364. The summed E-state index contributed by atoms with van der Waals surface area (Å²) in [4.78, 5) is 7.17. The molecule has 1 saturated carbocycles. The van der Waals surface area contributed by atoms with E-state index in [1.165, 1.54) is 18.5 Å². The molecule has 1 aliphatic rings. The van der Waals surface area contributed by atoms with E-state index in [-0.39, 0.29) is 0 Å². The Kier molecular flexibility index (Phi) is 2.04. The van der Waals surface area contributed by atoms with Gasteiger partial charge in [-0.05, 0) is 36.4 Å². The predicted molar refractivity (Wildman–Crippen MR) is 60.0 cm³/mol. The van der Waals surface area contributed by atoms with E-state index in [4.69, 9.17) is 5.53 Å². The lowest BCUT2D eigenvalue weighted by atomic mass is 10.2. The topological polar surface area (TPSA) is 66.1 Å². The Hall–Kier alpha value is -2.00. The Morgan fingerprint density at radius 2 is 2.38 bits per heavy atom. The van der Waals surface area contributed by atoms with Gasteiger partial charge in [-0.2, -0.15) is 0 Å². The van der Waals surface area contributed by atoms with E-state index in [2.05, 4.69) is 25.5 Å². The number of fused-ring (bicyclic) bond motifs is 1. The van der Waals surface area contributed by atoms with E-state index in [9.17, 15) is 0 Å². The summed E-state index contributed by atoms with van der Waals surface area (Å²) in [6, 6.07) is 6.16. The number of pyridine rings is 1. The van der Waals surface area contributed by atoms with Gasteiger partial charge in [-0.25, -0.2) is 4.98 Å². The van der Waals surface area contributed by atoms with Gasteiger partial charge in [-0.3, -0.25) is 0 Å². The molecule has 80 valence electrons. The Balaban J connectivity index is 2.08. The fourth-order valence-electron chi connectivity index (χ4n) is 1.97. The zero-order valence-corrected chi connectivity index (χ0v) is 8.74. The minimum absolute atomic E-state index is 0.322. The molecule has 0 aromatic carbocycles. The fourth-order valence-corrected chi connectivity index (χ4v) is 1.97. The molecule has 0 aliphatic heterocycles. The van der Waals surface area contributed by atoms with Crippen LogP contribution in [0.5, 0.6) is 0 Å². The smallest absolute Gasteiger partial charge is 0.137 e. The molecule has 0 spiro atoms. The second-order valence-electron chi connectivity index (χ2n) is 4.07. The summed E-state index contributed by atoms with van der Waals surface area (Å²) in [7, 11) is 0. The van der Waals surface area contributed by atoms with Crippen LogP contribution in [0.15, 0.2) is 29.5 Å². The van der Waals surface area contributed by atoms with Crippen molar-refractivity contribution in [3.8, 4) is 0 Å². The number of hydrogen-bond acceptors (Lipinski definition) is 2. The van der Waals surface area contributed by atoms with Gasteiger partial charge in [0, 0.05) is 16.8 Å². The first-order chi connectivity index (χ1) is 7.88. The lowest BCUT2D eigenvalue weighted by molar-refractivity contribution is 0.958. The number of hydrogen-bond donors (Lipinski definition) is 0. The molecule has 2 aromatic heterocycles. The predicted octanol–water partition coefficient (Wildman–Crippen LogP) is 3.02. The molecule has 5 heteroatoms. The average molecular weight is 213 g/mol. The molecule has 2 heterocycles. The Labute approximate surface area is 92.4 Å². The molecule has 1 aliphatic carbocycles. The van der Waals surface area contributed by atoms with Crippen molar-refractivity contribution in [1.29, 1.82) is 0 Å². The minimum atomic E-state index is 0.322. The highest BCUT2D eigenvalue weighted by atomic mass is 15.1. The van der Waals surface area contributed by atoms with E-state index >= 15 is 0 Å².